The summed E-state index contributed by atoms with van der Waals surface area (Å²) in [5, 5.41) is 12.6. The van der Waals surface area contributed by atoms with Crippen LogP contribution in [0.4, 0.5) is 0 Å². The average molecular weight is 307 g/mol. The minimum absolute atomic E-state index is 0.0324. The average Bonchev–Trinajstić information content (AvgIpc) is 2.87. The van der Waals surface area contributed by atoms with E-state index in [1.165, 1.54) is 11.8 Å². The number of para-hydroxylation sites is 2. The van der Waals surface area contributed by atoms with Gasteiger partial charge in [0.05, 0.1) is 16.8 Å². The molecule has 0 fully saturated rings. The van der Waals surface area contributed by atoms with Crippen LogP contribution in [0.15, 0.2) is 29.4 Å². The van der Waals surface area contributed by atoms with Crippen LogP contribution in [-0.4, -0.2) is 39.5 Å². The number of aryl methyl sites for hydroxylation is 1. The Morgan fingerprint density at radius 3 is 2.95 bits per heavy atom. The quantitative estimate of drug-likeness (QED) is 0.767. The van der Waals surface area contributed by atoms with Crippen molar-refractivity contribution in [2.45, 2.75) is 25.5 Å². The van der Waals surface area contributed by atoms with Crippen molar-refractivity contribution in [2.75, 3.05) is 18.9 Å². The first kappa shape index (κ1) is 15.9. The summed E-state index contributed by atoms with van der Waals surface area (Å²) in [6, 6.07) is 7.98. The van der Waals surface area contributed by atoms with Gasteiger partial charge in [-0.25, -0.2) is 4.98 Å². The van der Waals surface area contributed by atoms with Crippen LogP contribution in [0.25, 0.3) is 11.0 Å². The maximum absolute atomic E-state index is 11.8. The molecule has 2 rings (SSSR count). The van der Waals surface area contributed by atoms with Crippen LogP contribution in [0.2, 0.25) is 0 Å². The highest BCUT2D eigenvalue weighted by Gasteiger charge is 2.12. The molecule has 1 aromatic heterocycles. The van der Waals surface area contributed by atoms with Crippen molar-refractivity contribution in [3.8, 4) is 0 Å². The molecule has 5 nitrogen and oxygen atoms in total. The predicted molar refractivity (Wildman–Crippen MR) is 85.4 cm³/mol. The Hall–Kier alpha value is -1.53. The van der Waals surface area contributed by atoms with Gasteiger partial charge in [0.25, 0.3) is 0 Å². The molecule has 6 heteroatoms. The molecule has 1 atom stereocenters. The van der Waals surface area contributed by atoms with Crippen LogP contribution in [0.5, 0.6) is 0 Å². The minimum atomic E-state index is -0.0324. The first-order valence-electron chi connectivity index (χ1n) is 7.11. The van der Waals surface area contributed by atoms with Crippen molar-refractivity contribution in [1.29, 1.82) is 0 Å². The number of fused-ring (bicyclic) bond motifs is 1. The molecule has 1 heterocycles. The van der Waals surface area contributed by atoms with Crippen molar-refractivity contribution in [3.05, 3.63) is 24.3 Å². The zero-order valence-electron chi connectivity index (χ0n) is 12.4. The highest BCUT2D eigenvalue weighted by atomic mass is 32.2. The van der Waals surface area contributed by atoms with E-state index in [1.54, 1.807) is 0 Å². The number of carbonyl (C=O) groups excluding carboxylic acids is 1. The molecule has 0 spiro atoms. The highest BCUT2D eigenvalue weighted by Crippen LogP contribution is 2.23. The predicted octanol–water partition coefficient (Wildman–Crippen LogP) is 1.89. The van der Waals surface area contributed by atoms with Crippen LogP contribution in [-0.2, 0) is 11.3 Å². The number of aliphatic hydroxyl groups excluding tert-OH is 1. The van der Waals surface area contributed by atoms with Gasteiger partial charge in [-0.15, -0.1) is 0 Å². The number of imidazole rings is 1. The molecule has 0 bridgehead atoms. The fraction of sp³-hybridized carbons (Fsp3) is 0.467. The van der Waals surface area contributed by atoms with Crippen molar-refractivity contribution < 1.29 is 9.90 Å². The van der Waals surface area contributed by atoms with E-state index in [4.69, 9.17) is 5.11 Å². The van der Waals surface area contributed by atoms with Gasteiger partial charge >= 0.3 is 0 Å². The molecule has 1 unspecified atom stereocenters. The van der Waals surface area contributed by atoms with E-state index >= 15 is 0 Å². The Balaban J connectivity index is 1.98. The van der Waals surface area contributed by atoms with Gasteiger partial charge in [-0.05, 0) is 25.0 Å². The van der Waals surface area contributed by atoms with Gasteiger partial charge in [-0.3, -0.25) is 4.79 Å². The third kappa shape index (κ3) is 3.98. The second-order valence-corrected chi connectivity index (χ2v) is 5.95. The Bertz CT molecular complexity index is 612. The Morgan fingerprint density at radius 2 is 2.24 bits per heavy atom. The molecule has 1 amide bonds. The fourth-order valence-electron chi connectivity index (χ4n) is 2.00. The Morgan fingerprint density at radius 1 is 1.48 bits per heavy atom. The van der Waals surface area contributed by atoms with Crippen LogP contribution < -0.4 is 5.32 Å². The molecule has 0 aliphatic carbocycles. The lowest BCUT2D eigenvalue weighted by molar-refractivity contribution is -0.118. The summed E-state index contributed by atoms with van der Waals surface area (Å²) in [7, 11) is 0. The highest BCUT2D eigenvalue weighted by molar-refractivity contribution is 7.99. The number of hydrogen-bond acceptors (Lipinski definition) is 4. The molecule has 0 saturated heterocycles. The molecular weight excluding hydrogens is 286 g/mol. The van der Waals surface area contributed by atoms with Gasteiger partial charge < -0.3 is 15.0 Å². The lowest BCUT2D eigenvalue weighted by Crippen LogP contribution is -2.30. The molecule has 114 valence electrons. The van der Waals surface area contributed by atoms with E-state index in [9.17, 15) is 4.79 Å². The lowest BCUT2D eigenvalue weighted by atomic mass is 10.2. The lowest BCUT2D eigenvalue weighted by Gasteiger charge is -2.09. The number of benzene rings is 1. The summed E-state index contributed by atoms with van der Waals surface area (Å²) in [5.41, 5.74) is 2.05. The normalized spacial score (nSPS) is 12.5. The fourth-order valence-corrected chi connectivity index (χ4v) is 2.91. The minimum Gasteiger partial charge on any atom is -0.396 e. The molecule has 0 aliphatic rings. The zero-order valence-corrected chi connectivity index (χ0v) is 13.2. The van der Waals surface area contributed by atoms with E-state index in [0.717, 1.165) is 22.7 Å². The number of amides is 1. The van der Waals surface area contributed by atoms with E-state index < -0.39 is 0 Å². The number of aliphatic hydroxyl groups is 1. The molecule has 2 N–H and O–H groups in total. The van der Waals surface area contributed by atoms with Crippen LogP contribution in [0.3, 0.4) is 0 Å². The first-order valence-corrected chi connectivity index (χ1v) is 8.09. The third-order valence-electron chi connectivity index (χ3n) is 3.23. The second kappa shape index (κ2) is 7.47. The summed E-state index contributed by atoms with van der Waals surface area (Å²) >= 11 is 1.44. The summed E-state index contributed by atoms with van der Waals surface area (Å²) in [4.78, 5) is 16.4. The summed E-state index contributed by atoms with van der Waals surface area (Å²) in [6.07, 6.45) is 0. The van der Waals surface area contributed by atoms with Gasteiger partial charge in [0.1, 0.15) is 0 Å². The van der Waals surface area contributed by atoms with E-state index in [1.807, 2.05) is 31.2 Å². The van der Waals surface area contributed by atoms with Gasteiger partial charge in [0, 0.05) is 19.7 Å². The number of thioether (sulfide) groups is 1. The van der Waals surface area contributed by atoms with Crippen LogP contribution in [0, 0.1) is 5.92 Å². The molecule has 1 aromatic carbocycles. The number of rotatable bonds is 7. The standard InChI is InChI=1S/C15H21N3O2S/c1-3-18-13-7-5-4-6-12(13)17-15(18)21-10-14(20)16-8-11(2)9-19/h4-7,11,19H,3,8-10H2,1-2H3,(H,16,20). The van der Waals surface area contributed by atoms with Crippen molar-refractivity contribution in [1.82, 2.24) is 14.9 Å². The Labute approximate surface area is 128 Å². The third-order valence-corrected chi connectivity index (χ3v) is 4.20. The molecule has 21 heavy (non-hydrogen) atoms. The summed E-state index contributed by atoms with van der Waals surface area (Å²) in [6.45, 7) is 5.37. The molecule has 0 saturated carbocycles. The first-order chi connectivity index (χ1) is 10.2. The van der Waals surface area contributed by atoms with Gasteiger partial charge in [-0.2, -0.15) is 0 Å². The number of nitrogens with one attached hydrogen (secondary N) is 1. The number of hydrogen-bond donors (Lipinski definition) is 2. The van der Waals surface area contributed by atoms with Gasteiger partial charge in [0.2, 0.25) is 5.91 Å². The smallest absolute Gasteiger partial charge is 0.230 e. The maximum atomic E-state index is 11.8. The Kier molecular flexibility index (Phi) is 5.64. The van der Waals surface area contributed by atoms with Gasteiger partial charge in [-0.1, -0.05) is 30.8 Å². The second-order valence-electron chi connectivity index (χ2n) is 5.01. The number of carbonyl (C=O) groups is 1. The number of aromatic nitrogens is 2. The summed E-state index contributed by atoms with van der Waals surface area (Å²) < 4.78 is 2.11. The zero-order chi connectivity index (χ0) is 15.2. The molecule has 2 aromatic rings. The van der Waals surface area contributed by atoms with E-state index in [0.29, 0.717) is 12.3 Å². The SMILES string of the molecule is CCn1c(SCC(=O)NCC(C)CO)nc2ccccc21. The molecular formula is C15H21N3O2S. The largest absolute Gasteiger partial charge is 0.396 e. The number of nitrogens with zero attached hydrogens (tertiary/aromatic N) is 2. The van der Waals surface area contributed by atoms with Crippen molar-refractivity contribution in [2.24, 2.45) is 5.92 Å². The van der Waals surface area contributed by atoms with Gasteiger partial charge in [0.15, 0.2) is 5.16 Å². The van der Waals surface area contributed by atoms with Crippen molar-refractivity contribution >= 4 is 28.7 Å². The van der Waals surface area contributed by atoms with E-state index in [-0.39, 0.29) is 18.4 Å². The van der Waals surface area contributed by atoms with Crippen molar-refractivity contribution in [3.63, 3.8) is 0 Å². The van der Waals surface area contributed by atoms with Crippen LogP contribution >= 0.6 is 11.8 Å². The summed E-state index contributed by atoms with van der Waals surface area (Å²) in [5.74, 6) is 0.385. The topological polar surface area (TPSA) is 67.2 Å². The van der Waals surface area contributed by atoms with E-state index in [2.05, 4.69) is 21.8 Å². The maximum Gasteiger partial charge on any atom is 0.230 e. The van der Waals surface area contributed by atoms with Crippen LogP contribution in [0.1, 0.15) is 13.8 Å². The molecule has 0 aliphatic heterocycles. The monoisotopic (exact) mass is 307 g/mol. The molecule has 0 radical (unpaired) electrons.